The van der Waals surface area contributed by atoms with Crippen LogP contribution >= 0.6 is 0 Å². The fourth-order valence-corrected chi connectivity index (χ4v) is 1.27. The predicted octanol–water partition coefficient (Wildman–Crippen LogP) is 0.0404. The Morgan fingerprint density at radius 1 is 1.15 bits per heavy atom. The molecule has 0 unspecified atom stereocenters. The van der Waals surface area contributed by atoms with E-state index in [9.17, 15) is 9.59 Å². The van der Waals surface area contributed by atoms with Gasteiger partial charge >= 0.3 is 0 Å². The van der Waals surface area contributed by atoms with E-state index in [0.29, 0.717) is 30.7 Å². The molecule has 2 amide bonds. The molecule has 1 heterocycles. The number of imide groups is 1. The first-order valence-electron chi connectivity index (χ1n) is 4.33. The Morgan fingerprint density at radius 2 is 1.62 bits per heavy atom. The molecule has 0 radical (unpaired) electrons. The van der Waals surface area contributed by atoms with Crippen LogP contribution in [-0.2, 0) is 9.59 Å². The average Bonchev–Trinajstić information content (AvgIpc) is 2.30. The number of amides is 2. The predicted molar refractivity (Wildman–Crippen MR) is 48.8 cm³/mol. The van der Waals surface area contributed by atoms with E-state index in [4.69, 9.17) is 5.73 Å². The molecule has 0 spiro atoms. The highest BCUT2D eigenvalue weighted by Crippen LogP contribution is 2.19. The maximum Gasteiger partial charge on any atom is 0.256 e. The normalized spacial score (nSPS) is 17.6. The van der Waals surface area contributed by atoms with E-state index < -0.39 is 0 Å². The van der Waals surface area contributed by atoms with Crippen LogP contribution in [0.1, 0.15) is 20.3 Å². The van der Waals surface area contributed by atoms with Crippen LogP contribution in [0.3, 0.4) is 0 Å². The van der Waals surface area contributed by atoms with Crippen LogP contribution in [0.15, 0.2) is 11.1 Å². The van der Waals surface area contributed by atoms with Crippen LogP contribution in [-0.4, -0.2) is 29.8 Å². The van der Waals surface area contributed by atoms with Crippen LogP contribution in [0.25, 0.3) is 0 Å². The Morgan fingerprint density at radius 3 is 2.00 bits per heavy atom. The van der Waals surface area contributed by atoms with E-state index >= 15 is 0 Å². The van der Waals surface area contributed by atoms with Gasteiger partial charge in [-0.3, -0.25) is 14.5 Å². The molecular formula is C9H14N2O2. The van der Waals surface area contributed by atoms with Gasteiger partial charge in [0.2, 0.25) is 0 Å². The van der Waals surface area contributed by atoms with Gasteiger partial charge in [0.05, 0.1) is 0 Å². The van der Waals surface area contributed by atoms with Crippen molar-refractivity contribution in [3.05, 3.63) is 11.1 Å². The number of carbonyl (C=O) groups is 2. The topological polar surface area (TPSA) is 63.4 Å². The van der Waals surface area contributed by atoms with E-state index in [1.165, 1.54) is 4.90 Å². The fraction of sp³-hybridized carbons (Fsp3) is 0.556. The zero-order valence-corrected chi connectivity index (χ0v) is 7.96. The van der Waals surface area contributed by atoms with E-state index in [2.05, 4.69) is 0 Å². The molecule has 2 N–H and O–H groups in total. The van der Waals surface area contributed by atoms with Gasteiger partial charge in [-0.1, -0.05) is 0 Å². The molecule has 72 valence electrons. The third-order valence-electron chi connectivity index (χ3n) is 2.28. The largest absolute Gasteiger partial charge is 0.330 e. The molecule has 1 aliphatic heterocycles. The van der Waals surface area contributed by atoms with Gasteiger partial charge in [0.1, 0.15) is 0 Å². The average molecular weight is 182 g/mol. The first-order valence-corrected chi connectivity index (χ1v) is 4.33. The molecule has 0 aliphatic carbocycles. The van der Waals surface area contributed by atoms with Crippen molar-refractivity contribution in [3.63, 3.8) is 0 Å². The highest BCUT2D eigenvalue weighted by Gasteiger charge is 2.32. The van der Waals surface area contributed by atoms with Gasteiger partial charge in [-0.15, -0.1) is 0 Å². The van der Waals surface area contributed by atoms with E-state index in [1.54, 1.807) is 13.8 Å². The Bertz CT molecular complexity index is 257. The molecule has 1 aliphatic rings. The molecule has 4 nitrogen and oxygen atoms in total. The van der Waals surface area contributed by atoms with Crippen molar-refractivity contribution in [2.45, 2.75) is 20.3 Å². The number of hydrogen-bond donors (Lipinski definition) is 1. The minimum atomic E-state index is -0.170. The molecule has 0 fully saturated rings. The lowest BCUT2D eigenvalue weighted by Crippen LogP contribution is -2.33. The summed E-state index contributed by atoms with van der Waals surface area (Å²) in [5.41, 5.74) is 6.42. The maximum atomic E-state index is 11.4. The number of nitrogens with zero attached hydrogens (tertiary/aromatic N) is 1. The summed E-state index contributed by atoms with van der Waals surface area (Å²) in [6, 6.07) is 0. The Balaban J connectivity index is 2.73. The van der Waals surface area contributed by atoms with E-state index in [0.717, 1.165) is 0 Å². The van der Waals surface area contributed by atoms with Gasteiger partial charge < -0.3 is 5.73 Å². The number of rotatable bonds is 3. The van der Waals surface area contributed by atoms with Crippen molar-refractivity contribution in [1.29, 1.82) is 0 Å². The zero-order chi connectivity index (χ0) is 10.0. The molecule has 0 atom stereocenters. The van der Waals surface area contributed by atoms with Crippen LogP contribution in [0.2, 0.25) is 0 Å². The van der Waals surface area contributed by atoms with Gasteiger partial charge in [0, 0.05) is 17.7 Å². The third-order valence-corrected chi connectivity index (χ3v) is 2.28. The lowest BCUT2D eigenvalue weighted by Gasteiger charge is -2.13. The number of nitrogens with two attached hydrogens (primary N) is 1. The van der Waals surface area contributed by atoms with Crippen molar-refractivity contribution >= 4 is 11.8 Å². The summed E-state index contributed by atoms with van der Waals surface area (Å²) in [5, 5.41) is 0. The quantitative estimate of drug-likeness (QED) is 0.627. The van der Waals surface area contributed by atoms with Crippen molar-refractivity contribution in [2.24, 2.45) is 5.73 Å². The summed E-state index contributed by atoms with van der Waals surface area (Å²) in [6.07, 6.45) is 0.665. The maximum absolute atomic E-state index is 11.4. The summed E-state index contributed by atoms with van der Waals surface area (Å²) in [4.78, 5) is 24.1. The Hall–Kier alpha value is -1.16. The van der Waals surface area contributed by atoms with Crippen molar-refractivity contribution in [3.8, 4) is 0 Å². The molecule has 13 heavy (non-hydrogen) atoms. The molecule has 4 heteroatoms. The molecule has 0 aromatic heterocycles. The van der Waals surface area contributed by atoms with Crippen molar-refractivity contribution in [1.82, 2.24) is 4.90 Å². The molecular weight excluding hydrogens is 168 g/mol. The van der Waals surface area contributed by atoms with Crippen LogP contribution < -0.4 is 5.73 Å². The standard InChI is InChI=1S/C9H14N2O2/c1-6-7(2)9(13)11(8(6)12)5-3-4-10/h3-5,10H2,1-2H3. The van der Waals surface area contributed by atoms with Gasteiger partial charge in [-0.25, -0.2) is 0 Å². The van der Waals surface area contributed by atoms with Gasteiger partial charge in [0.15, 0.2) is 0 Å². The third kappa shape index (κ3) is 1.62. The molecule has 0 aromatic rings. The smallest absolute Gasteiger partial charge is 0.256 e. The number of hydrogen-bond acceptors (Lipinski definition) is 3. The summed E-state index contributed by atoms with van der Waals surface area (Å²) in [5.74, 6) is -0.341. The molecule has 1 rings (SSSR count). The summed E-state index contributed by atoms with van der Waals surface area (Å²) < 4.78 is 0. The second kappa shape index (κ2) is 3.70. The van der Waals surface area contributed by atoms with Crippen LogP contribution in [0, 0.1) is 0 Å². The Kier molecular flexibility index (Phi) is 2.83. The van der Waals surface area contributed by atoms with Crippen molar-refractivity contribution < 1.29 is 9.59 Å². The summed E-state index contributed by atoms with van der Waals surface area (Å²) >= 11 is 0. The van der Waals surface area contributed by atoms with Gasteiger partial charge in [0.25, 0.3) is 11.8 Å². The second-order valence-electron chi connectivity index (χ2n) is 3.15. The lowest BCUT2D eigenvalue weighted by atomic mass is 10.2. The second-order valence-corrected chi connectivity index (χ2v) is 3.15. The monoisotopic (exact) mass is 182 g/mol. The van der Waals surface area contributed by atoms with Crippen LogP contribution in [0.5, 0.6) is 0 Å². The molecule has 0 aromatic carbocycles. The van der Waals surface area contributed by atoms with E-state index in [-0.39, 0.29) is 11.8 Å². The number of carbonyl (C=O) groups excluding carboxylic acids is 2. The lowest BCUT2D eigenvalue weighted by molar-refractivity contribution is -0.137. The van der Waals surface area contributed by atoms with Crippen molar-refractivity contribution in [2.75, 3.05) is 13.1 Å². The van der Waals surface area contributed by atoms with Gasteiger partial charge in [-0.05, 0) is 26.8 Å². The molecule has 0 saturated carbocycles. The highest BCUT2D eigenvalue weighted by molar-refractivity contribution is 6.18. The van der Waals surface area contributed by atoms with Gasteiger partial charge in [-0.2, -0.15) is 0 Å². The zero-order valence-electron chi connectivity index (χ0n) is 7.96. The summed E-state index contributed by atoms with van der Waals surface area (Å²) in [7, 11) is 0. The molecule has 0 saturated heterocycles. The summed E-state index contributed by atoms with van der Waals surface area (Å²) in [6.45, 7) is 4.29. The molecule has 0 bridgehead atoms. The first-order chi connectivity index (χ1) is 6.09. The Labute approximate surface area is 77.4 Å². The first kappa shape index (κ1) is 9.92. The highest BCUT2D eigenvalue weighted by atomic mass is 16.2. The van der Waals surface area contributed by atoms with E-state index in [1.807, 2.05) is 0 Å². The van der Waals surface area contributed by atoms with Crippen LogP contribution in [0.4, 0.5) is 0 Å². The minimum absolute atomic E-state index is 0.170. The minimum Gasteiger partial charge on any atom is -0.330 e. The SMILES string of the molecule is CC1=C(C)C(=O)N(CCCN)C1=O. The fourth-order valence-electron chi connectivity index (χ4n) is 1.27.